The van der Waals surface area contributed by atoms with E-state index in [0.29, 0.717) is 0 Å². The van der Waals surface area contributed by atoms with E-state index in [2.05, 4.69) is 49.0 Å². The van der Waals surface area contributed by atoms with Gasteiger partial charge in [0.1, 0.15) is 6.10 Å². The minimum atomic E-state index is -0.00812. The summed E-state index contributed by atoms with van der Waals surface area (Å²) in [6, 6.07) is 8.68. The lowest BCUT2D eigenvalue weighted by Crippen LogP contribution is -2.46. The van der Waals surface area contributed by atoms with Gasteiger partial charge in [0.05, 0.1) is 5.92 Å². The third-order valence-corrected chi connectivity index (χ3v) is 6.52. The largest absolute Gasteiger partial charge is 0.461 e. The zero-order chi connectivity index (χ0) is 20.5. The smallest absolute Gasteiger partial charge is 0.313 e. The molecule has 3 nitrogen and oxygen atoms in total. The minimum Gasteiger partial charge on any atom is -0.461 e. The molecule has 3 heteroatoms. The number of benzene rings is 1. The van der Waals surface area contributed by atoms with E-state index in [9.17, 15) is 4.79 Å². The van der Waals surface area contributed by atoms with E-state index in [-0.39, 0.29) is 18.0 Å². The van der Waals surface area contributed by atoms with Crippen LogP contribution in [0.2, 0.25) is 0 Å². The molecule has 0 saturated carbocycles. The summed E-state index contributed by atoms with van der Waals surface area (Å²) in [6.07, 6.45) is 18.9. The predicted molar refractivity (Wildman–Crippen MR) is 121 cm³/mol. The lowest BCUT2D eigenvalue weighted by Gasteiger charge is -2.35. The molecular weight excluding hydrogens is 358 g/mol. The third-order valence-electron chi connectivity index (χ3n) is 6.52. The zero-order valence-corrected chi connectivity index (χ0v) is 18.5. The highest BCUT2D eigenvalue weighted by Crippen LogP contribution is 2.31. The number of hydrogen-bond acceptors (Lipinski definition) is 2. The van der Waals surface area contributed by atoms with Gasteiger partial charge in [-0.05, 0) is 48.4 Å². The zero-order valence-electron chi connectivity index (χ0n) is 18.5. The first-order valence-electron chi connectivity index (χ1n) is 11.9. The van der Waals surface area contributed by atoms with Gasteiger partial charge < -0.3 is 9.30 Å². The molecule has 2 atom stereocenters. The number of carbonyl (C=O) groups is 1. The van der Waals surface area contributed by atoms with Crippen LogP contribution in [-0.2, 0) is 23.0 Å². The summed E-state index contributed by atoms with van der Waals surface area (Å²) in [5.41, 5.74) is 2.48. The van der Waals surface area contributed by atoms with Crippen molar-refractivity contribution < 1.29 is 9.53 Å². The molecule has 1 aliphatic rings. The van der Waals surface area contributed by atoms with E-state index in [0.717, 1.165) is 12.8 Å². The van der Waals surface area contributed by atoms with Gasteiger partial charge in [-0.15, -0.1) is 0 Å². The Morgan fingerprint density at radius 1 is 0.897 bits per heavy atom. The Bertz CT molecular complexity index is 763. The van der Waals surface area contributed by atoms with Crippen LogP contribution < -0.4 is 0 Å². The Balaban J connectivity index is 1.29. The molecule has 0 N–H and O–H groups in total. The van der Waals surface area contributed by atoms with E-state index in [1.165, 1.54) is 87.1 Å². The molecule has 29 heavy (non-hydrogen) atoms. The molecule has 1 saturated heterocycles. The highest BCUT2D eigenvalue weighted by Gasteiger charge is 2.41. The quantitative estimate of drug-likeness (QED) is 0.255. The fraction of sp³-hybridized carbons (Fsp3) is 0.654. The van der Waals surface area contributed by atoms with E-state index in [1.54, 1.807) is 0 Å². The summed E-state index contributed by atoms with van der Waals surface area (Å²) in [5.74, 6) is 0.0468. The van der Waals surface area contributed by atoms with Crippen molar-refractivity contribution in [2.24, 2.45) is 13.0 Å². The number of cyclic esters (lactones) is 1. The number of hydrogen-bond donors (Lipinski definition) is 0. The fourth-order valence-corrected chi connectivity index (χ4v) is 4.59. The predicted octanol–water partition coefficient (Wildman–Crippen LogP) is 6.96. The average Bonchev–Trinajstić information content (AvgIpc) is 3.09. The normalized spacial score (nSPS) is 18.8. The standard InChI is InChI=1S/C26H39NO2/c1-3-4-5-6-7-8-9-10-11-12-13-14-25-23(26(28)29-25)20-21-15-16-24-22(19-21)17-18-27(24)2/h15-19,23,25H,3-14,20H2,1-2H3/t23-,25-/m0/s1. The molecule has 1 aromatic carbocycles. The fourth-order valence-electron chi connectivity index (χ4n) is 4.59. The van der Waals surface area contributed by atoms with Gasteiger partial charge in [0.2, 0.25) is 0 Å². The second-order valence-electron chi connectivity index (χ2n) is 8.93. The van der Waals surface area contributed by atoms with Crippen LogP contribution in [0.3, 0.4) is 0 Å². The lowest BCUT2D eigenvalue weighted by molar-refractivity contribution is -0.185. The van der Waals surface area contributed by atoms with E-state index in [4.69, 9.17) is 4.74 Å². The maximum atomic E-state index is 12.0. The molecule has 0 aliphatic carbocycles. The number of fused-ring (bicyclic) bond motifs is 1. The molecule has 1 fully saturated rings. The number of carbonyl (C=O) groups excluding carboxylic acids is 1. The Morgan fingerprint density at radius 3 is 2.21 bits per heavy atom. The van der Waals surface area contributed by atoms with Gasteiger partial charge in [-0.1, -0.05) is 77.2 Å². The topological polar surface area (TPSA) is 31.2 Å². The molecule has 0 amide bonds. The highest BCUT2D eigenvalue weighted by molar-refractivity contribution is 5.82. The van der Waals surface area contributed by atoms with Gasteiger partial charge >= 0.3 is 5.97 Å². The molecule has 2 aromatic rings. The van der Waals surface area contributed by atoms with Gasteiger partial charge in [-0.25, -0.2) is 0 Å². The van der Waals surface area contributed by atoms with Crippen molar-refractivity contribution in [3.8, 4) is 0 Å². The van der Waals surface area contributed by atoms with Gasteiger partial charge in [0, 0.05) is 18.8 Å². The number of esters is 1. The number of aryl methyl sites for hydroxylation is 1. The Hall–Kier alpha value is -1.77. The molecule has 160 valence electrons. The summed E-state index contributed by atoms with van der Waals surface area (Å²) in [7, 11) is 2.06. The molecule has 2 heterocycles. The van der Waals surface area contributed by atoms with Gasteiger partial charge in [0.25, 0.3) is 0 Å². The Labute approximate surface area is 176 Å². The second-order valence-corrected chi connectivity index (χ2v) is 8.93. The van der Waals surface area contributed by atoms with Crippen LogP contribution in [0.25, 0.3) is 10.9 Å². The molecule has 1 aromatic heterocycles. The highest BCUT2D eigenvalue weighted by atomic mass is 16.6. The van der Waals surface area contributed by atoms with E-state index >= 15 is 0 Å². The van der Waals surface area contributed by atoms with Gasteiger partial charge in [0.15, 0.2) is 0 Å². The first-order valence-corrected chi connectivity index (χ1v) is 11.9. The second kappa shape index (κ2) is 11.4. The first kappa shape index (κ1) is 21.9. The Kier molecular flexibility index (Phi) is 8.64. The van der Waals surface area contributed by atoms with Crippen molar-refractivity contribution in [2.45, 2.75) is 96.5 Å². The maximum absolute atomic E-state index is 12.0. The summed E-state index contributed by atoms with van der Waals surface area (Å²) >= 11 is 0. The molecule has 0 unspecified atom stereocenters. The molecule has 0 spiro atoms. The molecule has 0 bridgehead atoms. The number of nitrogens with zero attached hydrogens (tertiary/aromatic N) is 1. The van der Waals surface area contributed by atoms with Crippen LogP contribution in [-0.4, -0.2) is 16.6 Å². The lowest BCUT2D eigenvalue weighted by atomic mass is 9.86. The van der Waals surface area contributed by atoms with Crippen molar-refractivity contribution in [2.75, 3.05) is 0 Å². The van der Waals surface area contributed by atoms with E-state index in [1.807, 2.05) is 0 Å². The third kappa shape index (κ3) is 6.35. The summed E-state index contributed by atoms with van der Waals surface area (Å²) in [4.78, 5) is 12.0. The molecular formula is C26H39NO2. The van der Waals surface area contributed by atoms with Crippen LogP contribution in [0, 0.1) is 5.92 Å². The van der Waals surface area contributed by atoms with Crippen LogP contribution in [0.4, 0.5) is 0 Å². The van der Waals surface area contributed by atoms with Crippen LogP contribution in [0.15, 0.2) is 30.5 Å². The van der Waals surface area contributed by atoms with Crippen LogP contribution in [0.1, 0.15) is 89.5 Å². The van der Waals surface area contributed by atoms with Crippen molar-refractivity contribution in [1.29, 1.82) is 0 Å². The minimum absolute atomic E-state index is 0.00812. The van der Waals surface area contributed by atoms with Gasteiger partial charge in [-0.2, -0.15) is 0 Å². The number of aromatic nitrogens is 1. The maximum Gasteiger partial charge on any atom is 0.313 e. The van der Waals surface area contributed by atoms with Crippen molar-refractivity contribution in [3.63, 3.8) is 0 Å². The van der Waals surface area contributed by atoms with Gasteiger partial charge in [-0.3, -0.25) is 4.79 Å². The van der Waals surface area contributed by atoms with Crippen molar-refractivity contribution in [3.05, 3.63) is 36.0 Å². The molecule has 0 radical (unpaired) electrons. The molecule has 1 aliphatic heterocycles. The van der Waals surface area contributed by atoms with Crippen LogP contribution in [0.5, 0.6) is 0 Å². The summed E-state index contributed by atoms with van der Waals surface area (Å²) in [6.45, 7) is 2.27. The number of unbranched alkanes of at least 4 members (excludes halogenated alkanes) is 10. The first-order chi connectivity index (χ1) is 14.2. The van der Waals surface area contributed by atoms with Crippen molar-refractivity contribution in [1.82, 2.24) is 4.57 Å². The number of ether oxygens (including phenoxy) is 1. The monoisotopic (exact) mass is 397 g/mol. The summed E-state index contributed by atoms with van der Waals surface area (Å²) < 4.78 is 7.60. The summed E-state index contributed by atoms with van der Waals surface area (Å²) in [5, 5.41) is 1.25. The van der Waals surface area contributed by atoms with E-state index < -0.39 is 0 Å². The average molecular weight is 398 g/mol. The SMILES string of the molecule is CCCCCCCCCCCCC[C@@H]1OC(=O)[C@H]1Cc1ccc2c(ccn2C)c1. The molecule has 3 rings (SSSR count). The Morgan fingerprint density at radius 2 is 1.55 bits per heavy atom. The van der Waals surface area contributed by atoms with Crippen LogP contribution >= 0.6 is 0 Å². The van der Waals surface area contributed by atoms with Crippen molar-refractivity contribution >= 4 is 16.9 Å². The number of rotatable bonds is 14.